The van der Waals surface area contributed by atoms with Crippen molar-refractivity contribution in [1.29, 1.82) is 0 Å². The molecule has 0 aromatic carbocycles. The third-order valence-corrected chi connectivity index (χ3v) is 3.74. The zero-order valence-corrected chi connectivity index (χ0v) is 7.63. The molecule has 1 aliphatic heterocycles. The molecular formula is C9H14O3. The summed E-state index contributed by atoms with van der Waals surface area (Å²) in [5.74, 6) is -0.240. The first-order valence-corrected chi connectivity index (χ1v) is 4.29. The number of hydrogen-bond donors (Lipinski definition) is 1. The zero-order chi connectivity index (χ0) is 9.15. The van der Waals surface area contributed by atoms with Crippen molar-refractivity contribution in [3.8, 4) is 0 Å². The molecule has 0 spiro atoms. The first kappa shape index (κ1) is 8.05. The average molecular weight is 170 g/mol. The molecule has 2 rings (SSSR count). The van der Waals surface area contributed by atoms with E-state index in [2.05, 4.69) is 0 Å². The number of fused-ring (bicyclic) bond motifs is 2. The van der Waals surface area contributed by atoms with Crippen LogP contribution in [0, 0.1) is 10.8 Å². The fourth-order valence-corrected chi connectivity index (χ4v) is 2.36. The third-order valence-electron chi connectivity index (χ3n) is 3.74. The molecule has 0 radical (unpaired) electrons. The van der Waals surface area contributed by atoms with Crippen molar-refractivity contribution in [3.63, 3.8) is 0 Å². The maximum Gasteiger partial charge on any atom is 0.315 e. The summed E-state index contributed by atoms with van der Waals surface area (Å²) in [6.45, 7) is 5.82. The van der Waals surface area contributed by atoms with Crippen molar-refractivity contribution in [2.45, 2.75) is 39.4 Å². The highest BCUT2D eigenvalue weighted by Crippen LogP contribution is 2.58. The lowest BCUT2D eigenvalue weighted by atomic mass is 9.68. The molecular weight excluding hydrogens is 156 g/mol. The summed E-state index contributed by atoms with van der Waals surface area (Å²) < 4.78 is 5.02. The predicted molar refractivity (Wildman–Crippen MR) is 42.4 cm³/mol. The van der Waals surface area contributed by atoms with Crippen molar-refractivity contribution >= 4 is 5.97 Å². The number of hydrogen-bond acceptors (Lipinski definition) is 3. The first-order valence-electron chi connectivity index (χ1n) is 4.29. The Bertz CT molecular complexity index is 246. The lowest BCUT2D eigenvalue weighted by molar-refractivity contribution is -0.161. The van der Waals surface area contributed by atoms with Gasteiger partial charge in [0.25, 0.3) is 0 Å². The minimum absolute atomic E-state index is 0.133. The molecule has 1 saturated heterocycles. The molecule has 3 heteroatoms. The Hall–Kier alpha value is -0.570. The quantitative estimate of drug-likeness (QED) is 0.544. The number of ether oxygens (including phenoxy) is 1. The highest BCUT2D eigenvalue weighted by Gasteiger charge is 2.68. The molecule has 3 atom stereocenters. The van der Waals surface area contributed by atoms with E-state index in [-0.39, 0.29) is 17.5 Å². The fraction of sp³-hybridized carbons (Fsp3) is 0.889. The monoisotopic (exact) mass is 170 g/mol. The van der Waals surface area contributed by atoms with E-state index >= 15 is 0 Å². The highest BCUT2D eigenvalue weighted by molar-refractivity contribution is 5.82. The van der Waals surface area contributed by atoms with Gasteiger partial charge in [-0.3, -0.25) is 4.79 Å². The summed E-state index contributed by atoms with van der Waals surface area (Å²) in [7, 11) is 0. The number of aliphatic hydroxyl groups excluding tert-OH is 1. The van der Waals surface area contributed by atoms with Crippen LogP contribution in [0.5, 0.6) is 0 Å². The molecule has 1 N–H and O–H groups in total. The van der Waals surface area contributed by atoms with Gasteiger partial charge >= 0.3 is 5.97 Å². The number of esters is 1. The number of carbonyl (C=O) groups is 1. The van der Waals surface area contributed by atoms with Gasteiger partial charge in [0.1, 0.15) is 12.2 Å². The van der Waals surface area contributed by atoms with Crippen LogP contribution in [0.3, 0.4) is 0 Å². The van der Waals surface area contributed by atoms with E-state index < -0.39 is 11.5 Å². The van der Waals surface area contributed by atoms with Crippen LogP contribution in [0.1, 0.15) is 27.2 Å². The second-order valence-corrected chi connectivity index (χ2v) is 4.68. The van der Waals surface area contributed by atoms with E-state index in [9.17, 15) is 9.90 Å². The molecule has 1 aliphatic carbocycles. The average Bonchev–Trinajstić information content (AvgIpc) is 2.22. The third kappa shape index (κ3) is 0.600. The molecule has 3 nitrogen and oxygen atoms in total. The van der Waals surface area contributed by atoms with Gasteiger partial charge in [0.05, 0.1) is 5.41 Å². The highest BCUT2D eigenvalue weighted by atomic mass is 16.6. The summed E-state index contributed by atoms with van der Waals surface area (Å²) in [4.78, 5) is 11.4. The second-order valence-electron chi connectivity index (χ2n) is 4.68. The summed E-state index contributed by atoms with van der Waals surface area (Å²) in [6.07, 6.45) is -0.103. The molecule has 2 fully saturated rings. The molecule has 12 heavy (non-hydrogen) atoms. The Morgan fingerprint density at radius 1 is 1.50 bits per heavy atom. The number of aliphatic hydroxyl groups is 1. The number of carbonyl (C=O) groups excluding carboxylic acids is 1. The summed E-state index contributed by atoms with van der Waals surface area (Å²) in [5.41, 5.74) is -0.815. The maximum atomic E-state index is 11.4. The maximum absolute atomic E-state index is 11.4. The van der Waals surface area contributed by atoms with Crippen LogP contribution in [0.25, 0.3) is 0 Å². The largest absolute Gasteiger partial charge is 0.459 e. The Kier molecular flexibility index (Phi) is 1.24. The molecule has 1 saturated carbocycles. The van der Waals surface area contributed by atoms with E-state index in [1.807, 2.05) is 13.8 Å². The SMILES string of the molecule is CC1(C)CC2OC(=O)C1(C)C2O. The standard InChI is InChI=1S/C9H14O3/c1-8(2)4-5-6(10)9(8,3)7(11)12-5/h5-6,10H,4H2,1-3H3. The normalized spacial score (nSPS) is 49.5. The molecule has 68 valence electrons. The van der Waals surface area contributed by atoms with Gasteiger partial charge in [-0.05, 0) is 18.8 Å². The van der Waals surface area contributed by atoms with Gasteiger partial charge in [-0.25, -0.2) is 0 Å². The molecule has 0 amide bonds. The van der Waals surface area contributed by atoms with Crippen LogP contribution in [0.2, 0.25) is 0 Å². The Morgan fingerprint density at radius 3 is 2.33 bits per heavy atom. The van der Waals surface area contributed by atoms with Gasteiger partial charge in [0.15, 0.2) is 0 Å². The van der Waals surface area contributed by atoms with Crippen molar-refractivity contribution < 1.29 is 14.6 Å². The van der Waals surface area contributed by atoms with Gasteiger partial charge < -0.3 is 9.84 Å². The Morgan fingerprint density at radius 2 is 2.08 bits per heavy atom. The van der Waals surface area contributed by atoms with Crippen molar-refractivity contribution in [3.05, 3.63) is 0 Å². The summed E-state index contributed by atoms with van der Waals surface area (Å²) in [6, 6.07) is 0. The minimum Gasteiger partial charge on any atom is -0.459 e. The van der Waals surface area contributed by atoms with E-state index in [1.165, 1.54) is 0 Å². The van der Waals surface area contributed by atoms with E-state index in [4.69, 9.17) is 4.74 Å². The fourth-order valence-electron chi connectivity index (χ4n) is 2.36. The lowest BCUT2D eigenvalue weighted by Crippen LogP contribution is -2.42. The van der Waals surface area contributed by atoms with Crippen molar-refractivity contribution in [1.82, 2.24) is 0 Å². The van der Waals surface area contributed by atoms with Gasteiger partial charge in [-0.1, -0.05) is 13.8 Å². The van der Waals surface area contributed by atoms with Crippen molar-refractivity contribution in [2.75, 3.05) is 0 Å². The van der Waals surface area contributed by atoms with Gasteiger partial charge in [0.2, 0.25) is 0 Å². The summed E-state index contributed by atoms with van der Waals surface area (Å²) in [5, 5.41) is 9.75. The van der Waals surface area contributed by atoms with Gasteiger partial charge in [0, 0.05) is 0 Å². The molecule has 0 aromatic rings. The van der Waals surface area contributed by atoms with Crippen LogP contribution in [-0.2, 0) is 9.53 Å². The van der Waals surface area contributed by atoms with Gasteiger partial charge in [-0.15, -0.1) is 0 Å². The van der Waals surface area contributed by atoms with E-state index in [0.29, 0.717) is 0 Å². The number of rotatable bonds is 0. The lowest BCUT2D eigenvalue weighted by Gasteiger charge is -2.36. The minimum atomic E-state index is -0.683. The molecule has 1 heterocycles. The van der Waals surface area contributed by atoms with Crippen LogP contribution < -0.4 is 0 Å². The van der Waals surface area contributed by atoms with Gasteiger partial charge in [-0.2, -0.15) is 0 Å². The smallest absolute Gasteiger partial charge is 0.315 e. The van der Waals surface area contributed by atoms with E-state index in [1.54, 1.807) is 6.92 Å². The molecule has 2 aliphatic rings. The van der Waals surface area contributed by atoms with Crippen molar-refractivity contribution in [2.24, 2.45) is 10.8 Å². The zero-order valence-electron chi connectivity index (χ0n) is 7.63. The summed E-state index contributed by atoms with van der Waals surface area (Å²) >= 11 is 0. The molecule has 3 unspecified atom stereocenters. The van der Waals surface area contributed by atoms with Crippen LogP contribution in [0.4, 0.5) is 0 Å². The second kappa shape index (κ2) is 1.84. The molecule has 0 aromatic heterocycles. The first-order chi connectivity index (χ1) is 5.39. The van der Waals surface area contributed by atoms with E-state index in [0.717, 1.165) is 6.42 Å². The topological polar surface area (TPSA) is 46.5 Å². The Balaban J connectivity index is 2.49. The Labute approximate surface area is 71.7 Å². The van der Waals surface area contributed by atoms with Crippen LogP contribution in [-0.4, -0.2) is 23.3 Å². The van der Waals surface area contributed by atoms with Crippen LogP contribution >= 0.6 is 0 Å². The van der Waals surface area contributed by atoms with Crippen LogP contribution in [0.15, 0.2) is 0 Å². The molecule has 2 bridgehead atoms. The predicted octanol–water partition coefficient (Wildman–Crippen LogP) is 0.709.